The first kappa shape index (κ1) is 25.3. The second-order valence-electron chi connectivity index (χ2n) is 8.40. The highest BCUT2D eigenvalue weighted by Crippen LogP contribution is 2.28. The molecule has 2 amide bonds. The number of fused-ring (bicyclic) bond motifs is 1. The van der Waals surface area contributed by atoms with Crippen molar-refractivity contribution in [2.45, 2.75) is 32.4 Å². The molecule has 2 atom stereocenters. The van der Waals surface area contributed by atoms with Crippen molar-refractivity contribution in [3.63, 3.8) is 0 Å². The first-order valence-corrected chi connectivity index (χ1v) is 12.3. The van der Waals surface area contributed by atoms with Gasteiger partial charge in [0.05, 0.1) is 23.1 Å². The molecule has 0 spiro atoms. The Morgan fingerprint density at radius 2 is 1.92 bits per heavy atom. The lowest BCUT2D eigenvalue weighted by Crippen LogP contribution is -2.32. The monoisotopic (exact) mass is 510 g/mol. The van der Waals surface area contributed by atoms with Crippen LogP contribution in [0.1, 0.15) is 51.9 Å². The van der Waals surface area contributed by atoms with Gasteiger partial charge in [-0.25, -0.2) is 8.91 Å². The van der Waals surface area contributed by atoms with Gasteiger partial charge in [-0.1, -0.05) is 19.1 Å². The summed E-state index contributed by atoms with van der Waals surface area (Å²) in [6.45, 7) is 4.13. The fraction of sp³-hybridized carbons (Fsp3) is 0.280. The van der Waals surface area contributed by atoms with Gasteiger partial charge >= 0.3 is 0 Å². The number of halogens is 1. The highest BCUT2D eigenvalue weighted by molar-refractivity contribution is 7.12. The van der Waals surface area contributed by atoms with Crippen molar-refractivity contribution in [2.75, 3.05) is 19.5 Å². The van der Waals surface area contributed by atoms with E-state index in [-0.39, 0.29) is 36.2 Å². The third-order valence-corrected chi connectivity index (χ3v) is 6.68. The Balaban J connectivity index is 1.61. The summed E-state index contributed by atoms with van der Waals surface area (Å²) in [5.74, 6) is -0.871. The lowest BCUT2D eigenvalue weighted by Gasteiger charge is -2.18. The Bertz CT molecular complexity index is 1380. The molecular formula is C25H27FN6O3S. The van der Waals surface area contributed by atoms with E-state index in [9.17, 15) is 14.0 Å². The Morgan fingerprint density at radius 1 is 1.17 bits per heavy atom. The summed E-state index contributed by atoms with van der Waals surface area (Å²) in [4.78, 5) is 30.6. The van der Waals surface area contributed by atoms with E-state index in [0.717, 1.165) is 17.5 Å². The van der Waals surface area contributed by atoms with Crippen molar-refractivity contribution in [1.29, 1.82) is 0 Å². The Morgan fingerprint density at radius 3 is 2.61 bits per heavy atom. The van der Waals surface area contributed by atoms with Crippen LogP contribution in [-0.2, 0) is 4.74 Å². The standard InChI is InChI=1S/C25H27FN6O3S/c1-4-14(2)28-23(33)19-9-16(11-32-22(19)30-25(27)31-32)17-10-21(36-13-17)24(34)29-20(12-35-3)15-5-7-18(26)8-6-15/h5-11,13-14,20H,4,12H2,1-3H3,(H2,27,31)(H,28,33)(H,29,34)/t14-,20-/m0/s1. The van der Waals surface area contributed by atoms with Crippen LogP contribution in [0.4, 0.5) is 10.3 Å². The number of nitrogen functional groups attached to an aromatic ring is 1. The molecule has 0 bridgehead atoms. The molecule has 1 aromatic carbocycles. The highest BCUT2D eigenvalue weighted by Gasteiger charge is 2.20. The molecular weight excluding hydrogens is 483 g/mol. The van der Waals surface area contributed by atoms with Crippen molar-refractivity contribution in [3.8, 4) is 11.1 Å². The maximum absolute atomic E-state index is 13.3. The maximum Gasteiger partial charge on any atom is 0.261 e. The molecule has 188 valence electrons. The van der Waals surface area contributed by atoms with Gasteiger partial charge in [0.1, 0.15) is 5.82 Å². The molecule has 3 aromatic heterocycles. The van der Waals surface area contributed by atoms with Gasteiger partial charge in [0.15, 0.2) is 5.65 Å². The largest absolute Gasteiger partial charge is 0.382 e. The van der Waals surface area contributed by atoms with Gasteiger partial charge in [0.25, 0.3) is 11.8 Å². The number of thiophene rings is 1. The molecule has 0 unspecified atom stereocenters. The number of hydrogen-bond acceptors (Lipinski definition) is 7. The number of amides is 2. The summed E-state index contributed by atoms with van der Waals surface area (Å²) in [5, 5.41) is 11.9. The number of nitrogens with zero attached hydrogens (tertiary/aromatic N) is 3. The molecule has 0 aliphatic rings. The number of anilines is 1. The molecule has 0 aliphatic carbocycles. The SMILES string of the molecule is CC[C@H](C)NC(=O)c1cc(-c2csc(C(=O)N[C@@H](COC)c3ccc(F)cc3)c2)cn2nc(N)nc12. The van der Waals surface area contributed by atoms with Gasteiger partial charge in [0.2, 0.25) is 5.95 Å². The zero-order chi connectivity index (χ0) is 25.8. The van der Waals surface area contributed by atoms with Crippen molar-refractivity contribution in [2.24, 2.45) is 0 Å². The van der Waals surface area contributed by atoms with Crippen molar-refractivity contribution >= 4 is 34.7 Å². The van der Waals surface area contributed by atoms with E-state index >= 15 is 0 Å². The number of rotatable bonds is 9. The third kappa shape index (κ3) is 5.52. The minimum absolute atomic E-state index is 0.0147. The van der Waals surface area contributed by atoms with E-state index < -0.39 is 6.04 Å². The number of aromatic nitrogens is 3. The van der Waals surface area contributed by atoms with Gasteiger partial charge in [0, 0.05) is 24.9 Å². The zero-order valence-corrected chi connectivity index (χ0v) is 20.9. The van der Waals surface area contributed by atoms with Crippen LogP contribution in [0, 0.1) is 5.82 Å². The maximum atomic E-state index is 13.3. The summed E-state index contributed by atoms with van der Waals surface area (Å²) in [7, 11) is 1.54. The number of ether oxygens (including phenoxy) is 1. The van der Waals surface area contributed by atoms with E-state index in [1.165, 1.54) is 35.1 Å². The third-order valence-electron chi connectivity index (χ3n) is 5.75. The fourth-order valence-corrected chi connectivity index (χ4v) is 4.47. The number of methoxy groups -OCH3 is 1. The molecule has 0 aliphatic heterocycles. The quantitative estimate of drug-likeness (QED) is 0.315. The summed E-state index contributed by atoms with van der Waals surface area (Å²) in [5.41, 5.74) is 8.64. The van der Waals surface area contributed by atoms with E-state index in [1.54, 1.807) is 30.5 Å². The Labute approximate surface area is 211 Å². The second kappa shape index (κ2) is 10.8. The molecule has 0 saturated heterocycles. The van der Waals surface area contributed by atoms with Gasteiger partial charge in [-0.2, -0.15) is 4.98 Å². The molecule has 4 rings (SSSR count). The topological polar surface area (TPSA) is 124 Å². The minimum Gasteiger partial charge on any atom is -0.382 e. The van der Waals surface area contributed by atoms with Crippen LogP contribution in [0.25, 0.3) is 16.8 Å². The molecule has 0 saturated carbocycles. The first-order valence-electron chi connectivity index (χ1n) is 11.4. The van der Waals surface area contributed by atoms with Crippen molar-refractivity contribution in [3.05, 3.63) is 69.8 Å². The van der Waals surface area contributed by atoms with Crippen LogP contribution in [-0.4, -0.2) is 46.2 Å². The van der Waals surface area contributed by atoms with Crippen LogP contribution >= 0.6 is 11.3 Å². The van der Waals surface area contributed by atoms with Gasteiger partial charge < -0.3 is 21.1 Å². The smallest absolute Gasteiger partial charge is 0.261 e. The predicted molar refractivity (Wildman–Crippen MR) is 136 cm³/mol. The molecule has 3 heterocycles. The van der Waals surface area contributed by atoms with Gasteiger partial charge in [-0.05, 0) is 54.1 Å². The zero-order valence-electron chi connectivity index (χ0n) is 20.1. The molecule has 0 fully saturated rings. The van der Waals surface area contributed by atoms with E-state index in [2.05, 4.69) is 20.7 Å². The van der Waals surface area contributed by atoms with Gasteiger partial charge in [-0.3, -0.25) is 9.59 Å². The van der Waals surface area contributed by atoms with Gasteiger partial charge in [-0.15, -0.1) is 16.4 Å². The number of hydrogen-bond donors (Lipinski definition) is 3. The molecule has 0 radical (unpaired) electrons. The summed E-state index contributed by atoms with van der Waals surface area (Å²) in [6, 6.07) is 8.92. The van der Waals surface area contributed by atoms with Crippen LogP contribution in [0.15, 0.2) is 48.0 Å². The average molecular weight is 511 g/mol. The molecule has 36 heavy (non-hydrogen) atoms. The van der Waals surface area contributed by atoms with Crippen molar-refractivity contribution in [1.82, 2.24) is 25.2 Å². The van der Waals surface area contributed by atoms with Crippen LogP contribution in [0.3, 0.4) is 0 Å². The first-order chi connectivity index (χ1) is 17.3. The van der Waals surface area contributed by atoms with Crippen LogP contribution in [0.2, 0.25) is 0 Å². The summed E-state index contributed by atoms with van der Waals surface area (Å²) in [6.07, 6.45) is 2.50. The summed E-state index contributed by atoms with van der Waals surface area (Å²) >= 11 is 1.27. The molecule has 9 nitrogen and oxygen atoms in total. The fourth-order valence-electron chi connectivity index (χ4n) is 3.65. The number of carbonyl (C=O) groups is 2. The van der Waals surface area contributed by atoms with Crippen LogP contribution < -0.4 is 16.4 Å². The number of benzene rings is 1. The number of carbonyl (C=O) groups excluding carboxylic acids is 2. The normalized spacial score (nSPS) is 12.9. The second-order valence-corrected chi connectivity index (χ2v) is 9.31. The average Bonchev–Trinajstić information content (AvgIpc) is 3.49. The molecule has 11 heteroatoms. The number of pyridine rings is 1. The van der Waals surface area contributed by atoms with E-state index in [1.807, 2.05) is 19.2 Å². The molecule has 4 N–H and O–H groups in total. The lowest BCUT2D eigenvalue weighted by molar-refractivity contribution is 0.0899. The van der Waals surface area contributed by atoms with Crippen molar-refractivity contribution < 1.29 is 18.7 Å². The minimum atomic E-state index is -0.445. The van der Waals surface area contributed by atoms with E-state index in [0.29, 0.717) is 21.7 Å². The molecule has 4 aromatic rings. The number of nitrogens with one attached hydrogen (secondary N) is 2. The lowest BCUT2D eigenvalue weighted by atomic mass is 10.1. The Kier molecular flexibility index (Phi) is 7.61. The number of nitrogens with two attached hydrogens (primary N) is 1. The Hall–Kier alpha value is -3.83. The van der Waals surface area contributed by atoms with E-state index in [4.69, 9.17) is 10.5 Å². The van der Waals surface area contributed by atoms with Crippen LogP contribution in [0.5, 0.6) is 0 Å². The highest BCUT2D eigenvalue weighted by atomic mass is 32.1. The predicted octanol–water partition coefficient (Wildman–Crippen LogP) is 3.82. The summed E-state index contributed by atoms with van der Waals surface area (Å²) < 4.78 is 20.0.